The number of benzene rings is 3. The molecule has 0 amide bonds. The molecule has 1 aliphatic carbocycles. The number of thiocarbonyl (C=S) groups is 1. The highest BCUT2D eigenvalue weighted by atomic mass is 32.1. The van der Waals surface area contributed by atoms with E-state index in [-0.39, 0.29) is 44.7 Å². The summed E-state index contributed by atoms with van der Waals surface area (Å²) in [5.41, 5.74) is 13.3. The van der Waals surface area contributed by atoms with Crippen LogP contribution >= 0.6 is 12.2 Å². The third-order valence-electron chi connectivity index (χ3n) is 5.67. The maximum absolute atomic E-state index is 13.6. The van der Waals surface area contributed by atoms with Gasteiger partial charge >= 0.3 is 0 Å². The van der Waals surface area contributed by atoms with E-state index in [0.717, 1.165) is 5.39 Å². The summed E-state index contributed by atoms with van der Waals surface area (Å²) in [6.45, 7) is 0. The van der Waals surface area contributed by atoms with E-state index in [1.807, 2.05) is 24.3 Å². The van der Waals surface area contributed by atoms with E-state index in [1.54, 1.807) is 30.3 Å². The van der Waals surface area contributed by atoms with E-state index in [1.165, 1.54) is 6.07 Å². The summed E-state index contributed by atoms with van der Waals surface area (Å²) in [6.07, 6.45) is 0. The molecule has 0 fully saturated rings. The van der Waals surface area contributed by atoms with Gasteiger partial charge in [0.25, 0.3) is 0 Å². The number of rotatable bonds is 2. The van der Waals surface area contributed by atoms with E-state index < -0.39 is 17.5 Å². The van der Waals surface area contributed by atoms with Crippen LogP contribution < -0.4 is 11.5 Å². The van der Waals surface area contributed by atoms with Crippen molar-refractivity contribution in [2.24, 2.45) is 11.5 Å². The van der Waals surface area contributed by atoms with Crippen molar-refractivity contribution in [1.29, 1.82) is 0 Å². The molecule has 152 valence electrons. The number of ketones is 2. The van der Waals surface area contributed by atoms with Crippen LogP contribution in [-0.2, 0) is 4.74 Å². The van der Waals surface area contributed by atoms with Crippen molar-refractivity contribution in [3.63, 3.8) is 0 Å². The van der Waals surface area contributed by atoms with Crippen LogP contribution in [0.1, 0.15) is 32.2 Å². The summed E-state index contributed by atoms with van der Waals surface area (Å²) in [5, 5.41) is 12.4. The van der Waals surface area contributed by atoms with E-state index in [2.05, 4.69) is 0 Å². The minimum atomic E-state index is -0.961. The Labute approximate surface area is 182 Å². The Morgan fingerprint density at radius 2 is 1.58 bits per heavy atom. The van der Waals surface area contributed by atoms with E-state index in [0.29, 0.717) is 10.9 Å². The molecule has 2 aliphatic rings. The zero-order valence-corrected chi connectivity index (χ0v) is 16.9. The molecule has 3 aromatic rings. The summed E-state index contributed by atoms with van der Waals surface area (Å²) in [5.74, 6) is -2.22. The Kier molecular flexibility index (Phi) is 4.16. The van der Waals surface area contributed by atoms with Crippen molar-refractivity contribution >= 4 is 39.5 Å². The van der Waals surface area contributed by atoms with Crippen LogP contribution in [0, 0.1) is 0 Å². The van der Waals surface area contributed by atoms with Gasteiger partial charge in [0.15, 0.2) is 17.4 Å². The molecule has 0 spiro atoms. The molecule has 6 nitrogen and oxygen atoms in total. The summed E-state index contributed by atoms with van der Waals surface area (Å²) in [4.78, 5) is 26.7. The molecule has 5 N–H and O–H groups in total. The number of phenols is 1. The molecular formula is C24H16N2O4S. The number of aromatic hydroxyl groups is 1. The van der Waals surface area contributed by atoms with Gasteiger partial charge in [-0.05, 0) is 16.8 Å². The first kappa shape index (κ1) is 19.0. The number of fused-ring (bicyclic) bond motifs is 2. The Bertz CT molecular complexity index is 1400. The zero-order chi connectivity index (χ0) is 21.9. The lowest BCUT2D eigenvalue weighted by Gasteiger charge is -2.33. The number of hydrogen-bond acceptors (Lipinski definition) is 6. The molecule has 1 atom stereocenters. The van der Waals surface area contributed by atoms with Crippen LogP contribution in [0.5, 0.6) is 5.75 Å². The molecule has 0 saturated heterocycles. The number of carbonyl (C=O) groups excluding carboxylic acids is 2. The molecule has 1 heterocycles. The first-order valence-corrected chi connectivity index (χ1v) is 9.91. The molecular weight excluding hydrogens is 412 g/mol. The fourth-order valence-corrected chi connectivity index (χ4v) is 4.55. The zero-order valence-electron chi connectivity index (χ0n) is 16.1. The average Bonchev–Trinajstić information content (AvgIpc) is 2.76. The van der Waals surface area contributed by atoms with Crippen molar-refractivity contribution in [3.05, 3.63) is 100 Å². The van der Waals surface area contributed by atoms with E-state index in [4.69, 9.17) is 28.4 Å². The molecule has 0 saturated carbocycles. The Morgan fingerprint density at radius 1 is 0.935 bits per heavy atom. The first-order valence-electron chi connectivity index (χ1n) is 9.50. The summed E-state index contributed by atoms with van der Waals surface area (Å²) in [6, 6.07) is 17.2. The highest BCUT2D eigenvalue weighted by molar-refractivity contribution is 7.80. The van der Waals surface area contributed by atoms with Crippen molar-refractivity contribution in [1.82, 2.24) is 0 Å². The maximum atomic E-state index is 13.6. The van der Waals surface area contributed by atoms with Gasteiger partial charge in [-0.2, -0.15) is 0 Å². The van der Waals surface area contributed by atoms with Crippen LogP contribution in [0.15, 0.2) is 83.5 Å². The Balaban J connectivity index is 1.87. The van der Waals surface area contributed by atoms with Crippen LogP contribution in [0.2, 0.25) is 0 Å². The van der Waals surface area contributed by atoms with Crippen molar-refractivity contribution in [3.8, 4) is 5.75 Å². The minimum Gasteiger partial charge on any atom is -0.508 e. The van der Waals surface area contributed by atoms with Gasteiger partial charge in [0.05, 0.1) is 17.1 Å². The lowest BCUT2D eigenvalue weighted by atomic mass is 9.74. The third-order valence-corrected chi connectivity index (χ3v) is 5.89. The summed E-state index contributed by atoms with van der Waals surface area (Å²) in [7, 11) is 0. The molecule has 0 bridgehead atoms. The van der Waals surface area contributed by atoms with Gasteiger partial charge in [-0.25, -0.2) is 0 Å². The quantitative estimate of drug-likeness (QED) is 0.536. The third kappa shape index (κ3) is 2.67. The fourth-order valence-electron chi connectivity index (χ4n) is 4.33. The summed E-state index contributed by atoms with van der Waals surface area (Å²) >= 11 is 5.23. The number of phenolic OH excluding ortho intramolecular Hbond substituents is 1. The van der Waals surface area contributed by atoms with Gasteiger partial charge in [0, 0.05) is 16.7 Å². The minimum absolute atomic E-state index is 0.0624. The fraction of sp³-hybridized carbons (Fsp3) is 0.0417. The van der Waals surface area contributed by atoms with Crippen molar-refractivity contribution in [2.45, 2.75) is 5.92 Å². The van der Waals surface area contributed by atoms with Gasteiger partial charge in [-0.3, -0.25) is 9.59 Å². The molecule has 31 heavy (non-hydrogen) atoms. The maximum Gasteiger partial charge on any atom is 0.229 e. The highest BCUT2D eigenvalue weighted by Crippen LogP contribution is 2.48. The van der Waals surface area contributed by atoms with Gasteiger partial charge in [0.2, 0.25) is 5.78 Å². The topological polar surface area (TPSA) is 116 Å². The Hall–Kier alpha value is -3.97. The van der Waals surface area contributed by atoms with Gasteiger partial charge < -0.3 is 21.3 Å². The van der Waals surface area contributed by atoms with Crippen LogP contribution in [0.4, 0.5) is 0 Å². The predicted octanol–water partition coefficient (Wildman–Crippen LogP) is 3.45. The van der Waals surface area contributed by atoms with E-state index >= 15 is 0 Å². The molecule has 0 aromatic heterocycles. The second-order valence-corrected chi connectivity index (χ2v) is 7.78. The predicted molar refractivity (Wildman–Crippen MR) is 120 cm³/mol. The summed E-state index contributed by atoms with van der Waals surface area (Å²) < 4.78 is 5.62. The number of ether oxygens (including phenoxy) is 1. The smallest absolute Gasteiger partial charge is 0.229 e. The second kappa shape index (κ2) is 6.78. The number of Topliss-reactive ketones (excluding diaryl/α,β-unsaturated/α-hetero) is 2. The van der Waals surface area contributed by atoms with Gasteiger partial charge in [-0.15, -0.1) is 0 Å². The lowest BCUT2D eigenvalue weighted by Crippen LogP contribution is -2.35. The SMILES string of the molecule is NC(=S)C1=C(N)OC2=C(C(=O)c3ccccc3C2=O)C1c1c(O)ccc2ccccc12. The second-order valence-electron chi connectivity index (χ2n) is 7.34. The Morgan fingerprint density at radius 3 is 2.29 bits per heavy atom. The monoisotopic (exact) mass is 428 g/mol. The van der Waals surface area contributed by atoms with Gasteiger partial charge in [-0.1, -0.05) is 66.8 Å². The van der Waals surface area contributed by atoms with Gasteiger partial charge in [0.1, 0.15) is 10.7 Å². The molecule has 7 heteroatoms. The average molecular weight is 428 g/mol. The van der Waals surface area contributed by atoms with E-state index in [9.17, 15) is 14.7 Å². The van der Waals surface area contributed by atoms with Crippen molar-refractivity contribution in [2.75, 3.05) is 0 Å². The molecule has 0 radical (unpaired) electrons. The highest BCUT2D eigenvalue weighted by Gasteiger charge is 2.45. The molecule has 1 unspecified atom stereocenters. The number of carbonyl (C=O) groups is 2. The number of hydrogen-bond donors (Lipinski definition) is 3. The number of allylic oxidation sites excluding steroid dienone is 2. The lowest BCUT2D eigenvalue weighted by molar-refractivity contribution is 0.0897. The van der Waals surface area contributed by atoms with Crippen LogP contribution in [0.25, 0.3) is 10.8 Å². The number of nitrogens with two attached hydrogens (primary N) is 2. The largest absolute Gasteiger partial charge is 0.508 e. The molecule has 5 rings (SSSR count). The van der Waals surface area contributed by atoms with Crippen molar-refractivity contribution < 1.29 is 19.4 Å². The molecule has 1 aliphatic heterocycles. The normalized spacial score (nSPS) is 18.0. The standard InChI is InChI=1S/C24H16N2O4S/c25-23-19(24(26)31)17(16-12-6-2-1-5-11(12)9-10-15(16)27)18-20(28)13-7-3-4-8-14(13)21(29)22(18)30-23/h1-10,17,27H,25H2,(H2,26,31). The van der Waals surface area contributed by atoms with Crippen LogP contribution in [-0.4, -0.2) is 21.7 Å². The first-order chi connectivity index (χ1) is 14.9. The molecule has 3 aromatic carbocycles. The van der Waals surface area contributed by atoms with Crippen LogP contribution in [0.3, 0.4) is 0 Å².